The van der Waals surface area contributed by atoms with Crippen LogP contribution in [0.25, 0.3) is 0 Å². The van der Waals surface area contributed by atoms with E-state index in [2.05, 4.69) is 27.4 Å². The number of guanidine groups is 1. The van der Waals surface area contributed by atoms with E-state index in [9.17, 15) is 0 Å². The second-order valence-corrected chi connectivity index (χ2v) is 6.65. The average Bonchev–Trinajstić information content (AvgIpc) is 3.12. The van der Waals surface area contributed by atoms with Crippen LogP contribution in [0.4, 0.5) is 0 Å². The van der Waals surface area contributed by atoms with E-state index in [4.69, 9.17) is 9.47 Å². The van der Waals surface area contributed by atoms with Gasteiger partial charge in [0.2, 0.25) is 0 Å². The maximum Gasteiger partial charge on any atom is 0.191 e. The van der Waals surface area contributed by atoms with Gasteiger partial charge in [-0.3, -0.25) is 4.99 Å². The fourth-order valence-corrected chi connectivity index (χ4v) is 3.21. The molecule has 2 aliphatic heterocycles. The Balaban J connectivity index is 0.00000312. The Bertz CT molecular complexity index is 346. The van der Waals surface area contributed by atoms with Crippen molar-refractivity contribution in [3.63, 3.8) is 0 Å². The summed E-state index contributed by atoms with van der Waals surface area (Å²) >= 11 is 0. The molecule has 0 spiro atoms. The standard InChI is InChI=1S/C18H36N4O2.HI/c1-2-19-18(21-10-13-22-11-4-3-5-12-22)20-9-7-14-23-16-17-8-6-15-24-17;/h17H,2-16H2,1H3,(H2,19,20,21);1H. The van der Waals surface area contributed by atoms with E-state index in [1.807, 2.05) is 0 Å². The van der Waals surface area contributed by atoms with Gasteiger partial charge in [0.05, 0.1) is 12.7 Å². The first-order valence-corrected chi connectivity index (χ1v) is 9.82. The first-order chi connectivity index (χ1) is 11.9. The van der Waals surface area contributed by atoms with E-state index in [0.717, 1.165) is 64.8 Å². The van der Waals surface area contributed by atoms with Gasteiger partial charge in [-0.15, -0.1) is 24.0 Å². The average molecular weight is 468 g/mol. The molecule has 0 radical (unpaired) electrons. The van der Waals surface area contributed by atoms with Crippen molar-refractivity contribution in [3.8, 4) is 0 Å². The predicted molar refractivity (Wildman–Crippen MR) is 114 cm³/mol. The van der Waals surface area contributed by atoms with Crippen LogP contribution in [0, 0.1) is 0 Å². The molecule has 6 nitrogen and oxygen atoms in total. The molecule has 25 heavy (non-hydrogen) atoms. The summed E-state index contributed by atoms with van der Waals surface area (Å²) in [7, 11) is 0. The zero-order valence-corrected chi connectivity index (χ0v) is 18.1. The summed E-state index contributed by atoms with van der Waals surface area (Å²) in [6.45, 7) is 10.7. The maximum atomic E-state index is 5.68. The Morgan fingerprint density at radius 3 is 2.76 bits per heavy atom. The third-order valence-electron chi connectivity index (χ3n) is 4.56. The van der Waals surface area contributed by atoms with Crippen molar-refractivity contribution >= 4 is 29.9 Å². The van der Waals surface area contributed by atoms with Crippen molar-refractivity contribution in [3.05, 3.63) is 0 Å². The summed E-state index contributed by atoms with van der Waals surface area (Å²) in [6.07, 6.45) is 7.68. The maximum absolute atomic E-state index is 5.68. The minimum atomic E-state index is 0. The van der Waals surface area contributed by atoms with Gasteiger partial charge >= 0.3 is 0 Å². The van der Waals surface area contributed by atoms with E-state index in [1.54, 1.807) is 0 Å². The molecule has 2 rings (SSSR count). The van der Waals surface area contributed by atoms with Gasteiger partial charge in [0, 0.05) is 39.4 Å². The van der Waals surface area contributed by atoms with Crippen molar-refractivity contribution < 1.29 is 9.47 Å². The van der Waals surface area contributed by atoms with Crippen LogP contribution in [0.15, 0.2) is 4.99 Å². The van der Waals surface area contributed by atoms with Crippen LogP contribution >= 0.6 is 24.0 Å². The van der Waals surface area contributed by atoms with Gasteiger partial charge in [0.1, 0.15) is 0 Å². The molecular weight excluding hydrogens is 431 g/mol. The number of halogens is 1. The van der Waals surface area contributed by atoms with E-state index in [-0.39, 0.29) is 24.0 Å². The van der Waals surface area contributed by atoms with Gasteiger partial charge < -0.3 is 25.0 Å². The van der Waals surface area contributed by atoms with Crippen LogP contribution in [0.2, 0.25) is 0 Å². The molecule has 2 aliphatic rings. The van der Waals surface area contributed by atoms with Crippen LogP contribution in [0.5, 0.6) is 0 Å². The number of ether oxygens (including phenoxy) is 2. The molecule has 0 aliphatic carbocycles. The molecule has 0 saturated carbocycles. The molecule has 7 heteroatoms. The highest BCUT2D eigenvalue weighted by Gasteiger charge is 2.14. The van der Waals surface area contributed by atoms with Gasteiger partial charge in [-0.2, -0.15) is 0 Å². The van der Waals surface area contributed by atoms with Gasteiger partial charge in [-0.05, 0) is 52.1 Å². The minimum Gasteiger partial charge on any atom is -0.379 e. The SMILES string of the molecule is CCNC(=NCCCOCC1CCCO1)NCCN1CCCCC1.I. The molecule has 1 unspecified atom stereocenters. The second-order valence-electron chi connectivity index (χ2n) is 6.65. The normalized spacial score (nSPS) is 21.8. The number of piperidine rings is 1. The third kappa shape index (κ3) is 10.6. The molecule has 2 N–H and O–H groups in total. The Hall–Kier alpha value is -0.120. The number of rotatable bonds is 10. The number of nitrogens with one attached hydrogen (secondary N) is 2. The third-order valence-corrected chi connectivity index (χ3v) is 4.56. The molecule has 0 amide bonds. The lowest BCUT2D eigenvalue weighted by atomic mass is 10.1. The van der Waals surface area contributed by atoms with Gasteiger partial charge in [0.15, 0.2) is 5.96 Å². The number of nitrogens with zero attached hydrogens (tertiary/aromatic N) is 2. The van der Waals surface area contributed by atoms with Gasteiger partial charge in [-0.1, -0.05) is 6.42 Å². The largest absolute Gasteiger partial charge is 0.379 e. The van der Waals surface area contributed by atoms with Crippen LogP contribution < -0.4 is 10.6 Å². The molecule has 0 aromatic carbocycles. The number of hydrogen-bond acceptors (Lipinski definition) is 4. The van der Waals surface area contributed by atoms with E-state index >= 15 is 0 Å². The zero-order chi connectivity index (χ0) is 16.9. The van der Waals surface area contributed by atoms with Crippen molar-refractivity contribution in [2.24, 2.45) is 4.99 Å². The van der Waals surface area contributed by atoms with Crippen LogP contribution in [-0.4, -0.2) is 76.1 Å². The fraction of sp³-hybridized carbons (Fsp3) is 0.944. The highest BCUT2D eigenvalue weighted by Crippen LogP contribution is 2.11. The van der Waals surface area contributed by atoms with E-state index in [1.165, 1.54) is 38.8 Å². The van der Waals surface area contributed by atoms with E-state index < -0.39 is 0 Å². The van der Waals surface area contributed by atoms with Crippen LogP contribution in [0.1, 0.15) is 45.4 Å². The molecule has 148 valence electrons. The summed E-state index contributed by atoms with van der Waals surface area (Å²) in [5.74, 6) is 0.925. The highest BCUT2D eigenvalue weighted by atomic mass is 127. The van der Waals surface area contributed by atoms with Gasteiger partial charge in [-0.25, -0.2) is 0 Å². The van der Waals surface area contributed by atoms with Crippen molar-refractivity contribution in [2.75, 3.05) is 59.1 Å². The number of aliphatic imine (C=N–C) groups is 1. The Morgan fingerprint density at radius 1 is 1.20 bits per heavy atom. The van der Waals surface area contributed by atoms with Crippen molar-refractivity contribution in [1.29, 1.82) is 0 Å². The summed E-state index contributed by atoms with van der Waals surface area (Å²) in [5, 5.41) is 6.76. The van der Waals surface area contributed by atoms with Crippen molar-refractivity contribution in [2.45, 2.75) is 51.6 Å². The molecule has 0 aromatic heterocycles. The Morgan fingerprint density at radius 2 is 2.04 bits per heavy atom. The molecule has 0 aromatic rings. The molecule has 0 bridgehead atoms. The Labute approximate surface area is 170 Å². The lowest BCUT2D eigenvalue weighted by Gasteiger charge is -2.26. The fourth-order valence-electron chi connectivity index (χ4n) is 3.21. The Kier molecular flexibility index (Phi) is 13.7. The molecular formula is C18H37IN4O2. The number of hydrogen-bond donors (Lipinski definition) is 2. The lowest BCUT2D eigenvalue weighted by molar-refractivity contribution is 0.0171. The number of likely N-dealkylation sites (tertiary alicyclic amines) is 1. The van der Waals surface area contributed by atoms with Crippen LogP contribution in [-0.2, 0) is 9.47 Å². The molecule has 1 atom stereocenters. The molecule has 2 saturated heterocycles. The first kappa shape index (κ1) is 22.9. The summed E-state index contributed by atoms with van der Waals surface area (Å²) in [4.78, 5) is 7.17. The smallest absolute Gasteiger partial charge is 0.191 e. The van der Waals surface area contributed by atoms with Crippen LogP contribution in [0.3, 0.4) is 0 Å². The summed E-state index contributed by atoms with van der Waals surface area (Å²) in [5.41, 5.74) is 0. The topological polar surface area (TPSA) is 58.1 Å². The lowest BCUT2D eigenvalue weighted by Crippen LogP contribution is -2.42. The first-order valence-electron chi connectivity index (χ1n) is 9.82. The predicted octanol–water partition coefficient (Wildman–Crippen LogP) is 2.23. The highest BCUT2D eigenvalue weighted by molar-refractivity contribution is 14.0. The van der Waals surface area contributed by atoms with E-state index in [0.29, 0.717) is 6.10 Å². The second kappa shape index (κ2) is 15.0. The van der Waals surface area contributed by atoms with Crippen molar-refractivity contribution in [1.82, 2.24) is 15.5 Å². The molecule has 2 heterocycles. The minimum absolute atomic E-state index is 0. The van der Waals surface area contributed by atoms with Gasteiger partial charge in [0.25, 0.3) is 0 Å². The summed E-state index contributed by atoms with van der Waals surface area (Å²) < 4.78 is 11.2. The summed E-state index contributed by atoms with van der Waals surface area (Å²) in [6, 6.07) is 0. The quantitative estimate of drug-likeness (QED) is 0.223. The monoisotopic (exact) mass is 468 g/mol. The molecule has 2 fully saturated rings. The zero-order valence-electron chi connectivity index (χ0n) is 15.8.